The fourth-order valence-electron chi connectivity index (χ4n) is 2.52. The Kier molecular flexibility index (Phi) is 6.51. The maximum Gasteiger partial charge on any atom is 0.234 e. The number of amidine groups is 1. The maximum absolute atomic E-state index is 12.3. The Morgan fingerprint density at radius 1 is 1.27 bits per heavy atom. The molecule has 0 fully saturated rings. The molecule has 0 saturated carbocycles. The standard InChI is InChI=1S/C18H19Cl2N3OS2/c1-3-11-8-12-17(22-15(4-2)23-18(12)26-11)25-9-16(24)21-10-5-6-13(19)14(20)7-10/h5-8,17H,3-4,9H2,1-2H3,(H,21,24)(H,22,23). The first-order valence-electron chi connectivity index (χ1n) is 8.33. The van der Waals surface area contributed by atoms with E-state index in [9.17, 15) is 4.79 Å². The van der Waals surface area contributed by atoms with Gasteiger partial charge in [-0.3, -0.25) is 9.79 Å². The van der Waals surface area contributed by atoms with Gasteiger partial charge in [0.15, 0.2) is 0 Å². The predicted octanol–water partition coefficient (Wildman–Crippen LogP) is 6.22. The molecule has 1 unspecified atom stereocenters. The number of thioether (sulfide) groups is 1. The fourth-order valence-corrected chi connectivity index (χ4v) is 4.89. The quantitative estimate of drug-likeness (QED) is 0.574. The van der Waals surface area contributed by atoms with Crippen molar-refractivity contribution in [2.24, 2.45) is 4.99 Å². The van der Waals surface area contributed by atoms with Crippen LogP contribution in [0.1, 0.15) is 36.1 Å². The van der Waals surface area contributed by atoms with Gasteiger partial charge in [-0.25, -0.2) is 0 Å². The second kappa shape index (κ2) is 8.65. The number of hydrogen-bond acceptors (Lipinski definition) is 5. The van der Waals surface area contributed by atoms with E-state index in [4.69, 9.17) is 28.2 Å². The van der Waals surface area contributed by atoms with Crippen molar-refractivity contribution in [3.63, 3.8) is 0 Å². The molecule has 0 aliphatic carbocycles. The molecule has 1 amide bonds. The van der Waals surface area contributed by atoms with E-state index in [0.29, 0.717) is 21.5 Å². The van der Waals surface area contributed by atoms with Crippen LogP contribution in [0.25, 0.3) is 0 Å². The number of aryl methyl sites for hydroxylation is 1. The fraction of sp³-hybridized carbons (Fsp3) is 0.333. The second-order valence-electron chi connectivity index (χ2n) is 5.75. The van der Waals surface area contributed by atoms with Gasteiger partial charge >= 0.3 is 0 Å². The Labute approximate surface area is 171 Å². The summed E-state index contributed by atoms with van der Waals surface area (Å²) in [7, 11) is 0. The summed E-state index contributed by atoms with van der Waals surface area (Å²) in [6.07, 6.45) is 1.83. The minimum absolute atomic E-state index is 0.0581. The number of thiophene rings is 1. The van der Waals surface area contributed by atoms with Crippen LogP contribution in [0.4, 0.5) is 10.7 Å². The van der Waals surface area contributed by atoms with Crippen molar-refractivity contribution in [3.8, 4) is 0 Å². The number of nitrogens with one attached hydrogen (secondary N) is 2. The predicted molar refractivity (Wildman–Crippen MR) is 115 cm³/mol. The van der Waals surface area contributed by atoms with Gasteiger partial charge in [-0.05, 0) is 30.7 Å². The van der Waals surface area contributed by atoms with Crippen molar-refractivity contribution in [3.05, 3.63) is 44.8 Å². The van der Waals surface area contributed by atoms with E-state index in [2.05, 4.69) is 30.5 Å². The lowest BCUT2D eigenvalue weighted by Gasteiger charge is -2.21. The lowest BCUT2D eigenvalue weighted by Crippen LogP contribution is -2.19. The number of benzene rings is 1. The Balaban J connectivity index is 1.66. The van der Waals surface area contributed by atoms with E-state index < -0.39 is 0 Å². The number of aliphatic imine (C=N–C) groups is 1. The number of halogens is 2. The Morgan fingerprint density at radius 3 is 2.77 bits per heavy atom. The van der Waals surface area contributed by atoms with Gasteiger partial charge < -0.3 is 10.6 Å². The molecule has 8 heteroatoms. The summed E-state index contributed by atoms with van der Waals surface area (Å²) in [6, 6.07) is 7.24. The van der Waals surface area contributed by atoms with E-state index in [1.807, 2.05) is 0 Å². The van der Waals surface area contributed by atoms with Gasteiger partial charge in [0.05, 0.1) is 15.8 Å². The van der Waals surface area contributed by atoms with E-state index in [0.717, 1.165) is 29.2 Å². The van der Waals surface area contributed by atoms with Crippen LogP contribution in [0, 0.1) is 0 Å². The molecule has 0 spiro atoms. The maximum atomic E-state index is 12.3. The monoisotopic (exact) mass is 427 g/mol. The van der Waals surface area contributed by atoms with Crippen LogP contribution in [0.15, 0.2) is 29.3 Å². The average molecular weight is 428 g/mol. The minimum Gasteiger partial charge on any atom is -0.335 e. The number of amides is 1. The number of carbonyl (C=O) groups is 1. The molecule has 138 valence electrons. The zero-order valence-corrected chi connectivity index (χ0v) is 17.6. The Hall–Kier alpha value is -1.21. The zero-order valence-electron chi connectivity index (χ0n) is 14.4. The van der Waals surface area contributed by atoms with Crippen LogP contribution in [0.5, 0.6) is 0 Å². The van der Waals surface area contributed by atoms with Crippen LogP contribution < -0.4 is 10.6 Å². The molecular weight excluding hydrogens is 409 g/mol. The number of nitrogens with zero attached hydrogens (tertiary/aromatic N) is 1. The van der Waals surface area contributed by atoms with Crippen molar-refractivity contribution in [2.45, 2.75) is 32.1 Å². The van der Waals surface area contributed by atoms with E-state index in [-0.39, 0.29) is 11.3 Å². The van der Waals surface area contributed by atoms with Crippen molar-refractivity contribution in [1.29, 1.82) is 0 Å². The summed E-state index contributed by atoms with van der Waals surface area (Å²) >= 11 is 15.2. The highest BCUT2D eigenvalue weighted by molar-refractivity contribution is 8.00. The summed E-state index contributed by atoms with van der Waals surface area (Å²) in [6.45, 7) is 4.22. The molecule has 1 aliphatic rings. The average Bonchev–Trinajstić information content (AvgIpc) is 3.06. The number of hydrogen-bond donors (Lipinski definition) is 2. The van der Waals surface area contributed by atoms with Crippen molar-refractivity contribution < 1.29 is 4.79 Å². The zero-order chi connectivity index (χ0) is 18.7. The van der Waals surface area contributed by atoms with Crippen LogP contribution >= 0.6 is 46.3 Å². The van der Waals surface area contributed by atoms with Gasteiger partial charge in [0.25, 0.3) is 0 Å². The summed E-state index contributed by atoms with van der Waals surface area (Å²) in [5, 5.41) is 8.22. The molecule has 1 atom stereocenters. The molecule has 2 heterocycles. The van der Waals surface area contributed by atoms with E-state index >= 15 is 0 Å². The van der Waals surface area contributed by atoms with Crippen molar-refractivity contribution in [1.82, 2.24) is 0 Å². The molecule has 0 bridgehead atoms. The second-order valence-corrected chi connectivity index (χ2v) is 8.77. The van der Waals surface area contributed by atoms with E-state index in [1.54, 1.807) is 29.5 Å². The Morgan fingerprint density at radius 2 is 2.08 bits per heavy atom. The van der Waals surface area contributed by atoms with Crippen LogP contribution in [-0.2, 0) is 11.2 Å². The topological polar surface area (TPSA) is 53.5 Å². The van der Waals surface area contributed by atoms with Gasteiger partial charge in [-0.15, -0.1) is 23.1 Å². The minimum atomic E-state index is -0.0901. The lowest BCUT2D eigenvalue weighted by molar-refractivity contribution is -0.113. The normalized spacial score (nSPS) is 15.8. The first-order chi connectivity index (χ1) is 12.5. The molecule has 1 aromatic heterocycles. The molecular formula is C18H19Cl2N3OS2. The molecule has 0 saturated heterocycles. The van der Waals surface area contributed by atoms with Crippen LogP contribution in [0.3, 0.4) is 0 Å². The lowest BCUT2D eigenvalue weighted by atomic mass is 10.2. The first-order valence-corrected chi connectivity index (χ1v) is 10.9. The number of carbonyl (C=O) groups excluding carboxylic acids is 1. The highest BCUT2D eigenvalue weighted by atomic mass is 35.5. The molecule has 2 N–H and O–H groups in total. The third-order valence-electron chi connectivity index (χ3n) is 3.87. The number of fused-ring (bicyclic) bond motifs is 1. The molecule has 4 nitrogen and oxygen atoms in total. The third kappa shape index (κ3) is 4.55. The molecule has 1 aliphatic heterocycles. The summed E-state index contributed by atoms with van der Waals surface area (Å²) in [4.78, 5) is 18.4. The van der Waals surface area contributed by atoms with Gasteiger partial charge in [0.2, 0.25) is 5.91 Å². The Bertz CT molecular complexity index is 851. The molecule has 3 rings (SSSR count). The summed E-state index contributed by atoms with van der Waals surface area (Å²) in [5.74, 6) is 1.18. The highest BCUT2D eigenvalue weighted by Gasteiger charge is 2.24. The number of anilines is 2. The SMILES string of the molecule is CCC1=NC(SCC(=O)Nc2ccc(Cl)c(Cl)c2)c2cc(CC)sc2N1. The number of rotatable bonds is 6. The van der Waals surface area contributed by atoms with Gasteiger partial charge in [-0.1, -0.05) is 37.0 Å². The van der Waals surface area contributed by atoms with E-state index in [1.165, 1.54) is 16.6 Å². The van der Waals surface area contributed by atoms with Gasteiger partial charge in [-0.2, -0.15) is 0 Å². The van der Waals surface area contributed by atoms with Crippen LogP contribution in [0.2, 0.25) is 10.0 Å². The third-order valence-corrected chi connectivity index (χ3v) is 6.92. The van der Waals surface area contributed by atoms with Gasteiger partial charge in [0, 0.05) is 22.5 Å². The van der Waals surface area contributed by atoms with Crippen LogP contribution in [-0.4, -0.2) is 17.5 Å². The largest absolute Gasteiger partial charge is 0.335 e. The first kappa shape index (κ1) is 19.5. The molecule has 1 aromatic carbocycles. The summed E-state index contributed by atoms with van der Waals surface area (Å²) in [5.41, 5.74) is 1.80. The van der Waals surface area contributed by atoms with Crippen molar-refractivity contribution in [2.75, 3.05) is 16.4 Å². The smallest absolute Gasteiger partial charge is 0.234 e. The molecule has 2 aromatic rings. The van der Waals surface area contributed by atoms with Crippen molar-refractivity contribution >= 4 is 68.7 Å². The van der Waals surface area contributed by atoms with Gasteiger partial charge in [0.1, 0.15) is 16.2 Å². The highest BCUT2D eigenvalue weighted by Crippen LogP contribution is 2.43. The molecule has 26 heavy (non-hydrogen) atoms. The summed E-state index contributed by atoms with van der Waals surface area (Å²) < 4.78 is 0. The molecule has 0 radical (unpaired) electrons.